The van der Waals surface area contributed by atoms with E-state index in [1.807, 2.05) is 20.9 Å². The second-order valence-electron chi connectivity index (χ2n) is 24.6. The molecule has 0 radical (unpaired) electrons. The monoisotopic (exact) mass is 1180 g/mol. The van der Waals surface area contributed by atoms with E-state index < -0.39 is 54.3 Å². The van der Waals surface area contributed by atoms with E-state index in [0.29, 0.717) is 37.3 Å². The van der Waals surface area contributed by atoms with Gasteiger partial charge in [0.2, 0.25) is 0 Å². The van der Waals surface area contributed by atoms with Crippen LogP contribution in [-0.2, 0) is 115 Å². The summed E-state index contributed by atoms with van der Waals surface area (Å²) < 4.78 is 95.7. The minimum atomic E-state index is -4.27. The van der Waals surface area contributed by atoms with Crippen molar-refractivity contribution >= 4 is 71.6 Å². The number of nitrogens with zero attached hydrogens (tertiary/aromatic N) is 4. The first-order valence-electron chi connectivity index (χ1n) is 29.4. The van der Waals surface area contributed by atoms with E-state index in [-0.39, 0.29) is 30.5 Å². The molecule has 9 N–H and O–H groups in total. The predicted molar refractivity (Wildman–Crippen MR) is 315 cm³/mol. The molecule has 3 heterocycles. The van der Waals surface area contributed by atoms with Crippen molar-refractivity contribution in [1.29, 1.82) is 0 Å². The molecule has 6 amide bonds. The molecule has 2 fully saturated rings. The van der Waals surface area contributed by atoms with Gasteiger partial charge in [-0.1, -0.05) is 6.07 Å². The van der Waals surface area contributed by atoms with Gasteiger partial charge < -0.3 is 16.0 Å². The van der Waals surface area contributed by atoms with Gasteiger partial charge in [0.25, 0.3) is 0 Å². The third-order valence-electron chi connectivity index (χ3n) is 19.0. The molecule has 6 aliphatic carbocycles. The highest BCUT2D eigenvalue weighted by molar-refractivity contribution is 7.91. The predicted octanol–water partition coefficient (Wildman–Crippen LogP) is 5.82. The smallest absolute Gasteiger partial charge is 0.307 e. The highest BCUT2D eigenvalue weighted by Crippen LogP contribution is 2.53. The Morgan fingerprint density at radius 3 is 1.46 bits per heavy atom. The van der Waals surface area contributed by atoms with Gasteiger partial charge in [-0.2, -0.15) is 39.8 Å². The lowest BCUT2D eigenvalue weighted by Crippen LogP contribution is -2.56. The normalized spacial score (nSPS) is 20.7. The van der Waals surface area contributed by atoms with Crippen molar-refractivity contribution in [3.05, 3.63) is 85.1 Å². The maximum atomic E-state index is 13.9. The SMILES string of the molecule is CN(CCN1C2CCC1CC(NS(=O)(=O)NC(=O)Nc1c3c(c(-c4c5c(c(NC(=O)NS(=O)(=O)Nc6ccn(C)n6)c6c4CCC6)CCC5)c4c1CCC4)CCC3)C2)C(C)(C)CNS(=O)(=O)NC(=O)Nc1c2c(cc3c1CCC3)CCC2. The molecular formula is C57H77N13O9S3. The van der Waals surface area contributed by atoms with Gasteiger partial charge in [0.1, 0.15) is 0 Å². The van der Waals surface area contributed by atoms with Crippen molar-refractivity contribution < 1.29 is 39.6 Å². The first-order valence-corrected chi connectivity index (χ1v) is 33.9. The second-order valence-corrected chi connectivity index (χ2v) is 29.0. The van der Waals surface area contributed by atoms with Crippen molar-refractivity contribution in [3.8, 4) is 11.1 Å². The summed E-state index contributed by atoms with van der Waals surface area (Å²) in [6, 6.07) is 1.22. The number of piperidine rings is 1. The maximum Gasteiger partial charge on any atom is 0.334 e. The number of nitrogens with one attached hydrogen (secondary N) is 9. The Kier molecular flexibility index (Phi) is 15.2. The number of hydrogen-bond donors (Lipinski definition) is 9. The van der Waals surface area contributed by atoms with Crippen LogP contribution in [0.2, 0.25) is 0 Å². The number of anilines is 4. The summed E-state index contributed by atoms with van der Waals surface area (Å²) in [7, 11) is -9.09. The van der Waals surface area contributed by atoms with Crippen LogP contribution >= 0.6 is 0 Å². The number of carbonyl (C=O) groups excluding carboxylic acids is 3. The first-order chi connectivity index (χ1) is 39.1. The fourth-order valence-corrected chi connectivity index (χ4v) is 17.8. The summed E-state index contributed by atoms with van der Waals surface area (Å²) >= 11 is 0. The summed E-state index contributed by atoms with van der Waals surface area (Å²) in [6.07, 6.45) is 20.1. The van der Waals surface area contributed by atoms with Crippen molar-refractivity contribution in [2.45, 2.75) is 179 Å². The van der Waals surface area contributed by atoms with Crippen molar-refractivity contribution in [3.63, 3.8) is 0 Å². The van der Waals surface area contributed by atoms with Gasteiger partial charge in [-0.05, 0) is 240 Å². The van der Waals surface area contributed by atoms with Crippen LogP contribution < -0.4 is 44.3 Å². The van der Waals surface area contributed by atoms with E-state index in [9.17, 15) is 39.6 Å². The van der Waals surface area contributed by atoms with Gasteiger partial charge >= 0.3 is 48.7 Å². The zero-order valence-corrected chi connectivity index (χ0v) is 49.8. The second kappa shape index (κ2) is 22.0. The van der Waals surface area contributed by atoms with Gasteiger partial charge in [0.15, 0.2) is 5.82 Å². The number of carbonyl (C=O) groups is 3. The Morgan fingerprint density at radius 1 is 0.585 bits per heavy atom. The molecule has 2 atom stereocenters. The van der Waals surface area contributed by atoms with E-state index in [0.717, 1.165) is 167 Å². The number of hydrogen-bond acceptors (Lipinski definition) is 12. The molecule has 25 heteroatoms. The fourth-order valence-electron chi connectivity index (χ4n) is 15.2. The average Bonchev–Trinajstić information content (AvgIpc) is 2.79. The highest BCUT2D eigenvalue weighted by Gasteiger charge is 2.43. The van der Waals surface area contributed by atoms with Crippen LogP contribution in [0.1, 0.15) is 145 Å². The molecule has 0 spiro atoms. The lowest BCUT2D eigenvalue weighted by atomic mass is 9.81. The Labute approximate surface area is 481 Å². The fraction of sp³-hybridized carbons (Fsp3) is 0.579. The third-order valence-corrected chi connectivity index (χ3v) is 22.0. The van der Waals surface area contributed by atoms with Gasteiger partial charge in [0, 0.05) is 79.7 Å². The van der Waals surface area contributed by atoms with E-state index in [4.69, 9.17) is 0 Å². The van der Waals surface area contributed by atoms with Gasteiger partial charge in [-0.3, -0.25) is 14.5 Å². The maximum absolute atomic E-state index is 13.9. The molecule has 2 bridgehead atoms. The van der Waals surface area contributed by atoms with Crippen molar-refractivity contribution in [2.24, 2.45) is 7.05 Å². The summed E-state index contributed by atoms with van der Waals surface area (Å²) in [4.78, 5) is 45.1. The first kappa shape index (κ1) is 56.6. The summed E-state index contributed by atoms with van der Waals surface area (Å²) in [5, 5.41) is 13.0. The number of rotatable bonds is 18. The van der Waals surface area contributed by atoms with Crippen LogP contribution in [0, 0.1) is 0 Å². The van der Waals surface area contributed by atoms with E-state index in [2.05, 4.69) is 65.2 Å². The van der Waals surface area contributed by atoms with Crippen LogP contribution in [0.15, 0.2) is 18.3 Å². The molecule has 2 aliphatic heterocycles. The molecule has 2 saturated heterocycles. The number of fused-ring (bicyclic) bond motifs is 8. The van der Waals surface area contributed by atoms with Crippen LogP contribution in [0.25, 0.3) is 11.1 Å². The summed E-state index contributed by atoms with van der Waals surface area (Å²) in [5.74, 6) is 0.0868. The van der Waals surface area contributed by atoms with E-state index >= 15 is 0 Å². The average molecular weight is 1180 g/mol. The van der Waals surface area contributed by atoms with E-state index in [1.165, 1.54) is 55.3 Å². The lowest BCUT2D eigenvalue weighted by Gasteiger charge is -2.42. The van der Waals surface area contributed by atoms with Crippen LogP contribution in [-0.4, -0.2) is 113 Å². The number of likely N-dealkylation sites (N-methyl/N-ethyl adjacent to an activating group) is 1. The van der Waals surface area contributed by atoms with Crippen LogP contribution in [0.5, 0.6) is 0 Å². The van der Waals surface area contributed by atoms with Crippen molar-refractivity contribution in [2.75, 3.05) is 47.4 Å². The zero-order chi connectivity index (χ0) is 57.5. The number of amides is 6. The standard InChI is InChI=1S/C57H77N13O9S3/c1-57(2,32-58-80(74,75)65-54(71)59-51-38-13-5-11-33(38)29-34-12-6-14-39(34)51)68(3)27-28-70-36-23-24-37(70)31-35(30-36)63-81(76,77)66-55(72)60-52-44-19-7-15-40(44)49(41-16-8-20-45(41)52)50-42-17-9-21-46(42)53(47-22-10-18-43(47)50)61-56(73)67-82(78,79)64-48-25-26-69(4)62-48/h25-26,29,35-37,58,63H,5-24,27-28,30-32H2,1-4H3,(H,62,64)(H2,59,65,71)(H2,60,66,72)(H2,61,67,73). The Morgan fingerprint density at radius 2 is 1.00 bits per heavy atom. The third kappa shape index (κ3) is 11.3. The molecular weight excluding hydrogens is 1110 g/mol. The minimum Gasteiger partial charge on any atom is -0.307 e. The molecule has 442 valence electrons. The Bertz CT molecular complexity index is 3520. The molecule has 82 heavy (non-hydrogen) atoms. The quantitative estimate of drug-likeness (QED) is 0.0570. The summed E-state index contributed by atoms with van der Waals surface area (Å²) in [5.41, 5.74) is 17.7. The van der Waals surface area contributed by atoms with Crippen LogP contribution in [0.3, 0.4) is 0 Å². The zero-order valence-electron chi connectivity index (χ0n) is 47.3. The topological polar surface area (TPSA) is 286 Å². The molecule has 1 aromatic heterocycles. The van der Waals surface area contributed by atoms with Crippen LogP contribution in [0.4, 0.5) is 37.3 Å². The molecule has 12 rings (SSSR count). The largest absolute Gasteiger partial charge is 0.334 e. The number of aryl methyl sites for hydroxylation is 3. The van der Waals surface area contributed by atoms with Gasteiger partial charge in [-0.15, -0.1) is 0 Å². The molecule has 0 saturated carbocycles. The lowest BCUT2D eigenvalue weighted by molar-refractivity contribution is 0.0845. The summed E-state index contributed by atoms with van der Waals surface area (Å²) in [6.45, 7) is 5.29. The number of aromatic nitrogens is 2. The number of urea groups is 3. The molecule has 3 aromatic carbocycles. The molecule has 4 aromatic rings. The number of benzene rings is 3. The van der Waals surface area contributed by atoms with E-state index in [1.54, 1.807) is 13.2 Å². The molecule has 2 unspecified atom stereocenters. The van der Waals surface area contributed by atoms with Crippen molar-refractivity contribution in [1.82, 2.24) is 43.2 Å². The minimum absolute atomic E-state index is 0.0583. The molecule has 8 aliphatic rings. The molecule has 22 nitrogen and oxygen atoms in total. The van der Waals surface area contributed by atoms with Gasteiger partial charge in [-0.25, -0.2) is 33.3 Å². The van der Waals surface area contributed by atoms with Gasteiger partial charge in [0.05, 0.1) is 0 Å². The Balaban J connectivity index is 0.661. The highest BCUT2D eigenvalue weighted by atomic mass is 32.2. The Hall–Kier alpha value is -5.83.